The summed E-state index contributed by atoms with van der Waals surface area (Å²) in [7, 11) is 0. The fourth-order valence-corrected chi connectivity index (χ4v) is 2.54. The van der Waals surface area contributed by atoms with Crippen LogP contribution in [0.15, 0.2) is 12.3 Å². The molecule has 0 bridgehead atoms. The van der Waals surface area contributed by atoms with Crippen molar-refractivity contribution in [1.82, 2.24) is 14.7 Å². The molecule has 1 aliphatic heterocycles. The molecule has 0 spiro atoms. The molecule has 2 heterocycles. The van der Waals surface area contributed by atoms with Gasteiger partial charge < -0.3 is 14.7 Å². The molecule has 8 heteroatoms. The lowest BCUT2D eigenvalue weighted by Crippen LogP contribution is -2.55. The van der Waals surface area contributed by atoms with Gasteiger partial charge in [-0.15, -0.1) is 0 Å². The number of halogens is 2. The molecule has 0 aromatic carbocycles. The summed E-state index contributed by atoms with van der Waals surface area (Å²) in [5.41, 5.74) is 0.202. The smallest absolute Gasteiger partial charge is 0.290 e. The number of nitrogens with zero attached hydrogens (tertiary/aromatic N) is 3. The highest BCUT2D eigenvalue weighted by Crippen LogP contribution is 2.31. The predicted octanol–water partition coefficient (Wildman–Crippen LogP) is 1.15. The van der Waals surface area contributed by atoms with Crippen LogP contribution in [0.1, 0.15) is 30.8 Å². The second-order valence-corrected chi connectivity index (χ2v) is 5.61. The minimum atomic E-state index is -3.08. The number of ether oxygens (including phenoxy) is 1. The summed E-state index contributed by atoms with van der Waals surface area (Å²) in [6.07, 6.45) is 0.0452. The molecule has 1 saturated heterocycles. The fraction of sp³-hybridized carbons (Fsp3) is 0.714. The zero-order valence-corrected chi connectivity index (χ0v) is 12.7. The molecule has 124 valence electrons. The average molecular weight is 317 g/mol. The van der Waals surface area contributed by atoms with Crippen molar-refractivity contribution < 1.29 is 23.4 Å². The van der Waals surface area contributed by atoms with Crippen molar-refractivity contribution in [3.63, 3.8) is 0 Å². The van der Waals surface area contributed by atoms with E-state index in [1.807, 2.05) is 0 Å². The zero-order chi connectivity index (χ0) is 16.3. The second-order valence-electron chi connectivity index (χ2n) is 5.61. The summed E-state index contributed by atoms with van der Waals surface area (Å²) in [4.78, 5) is 13.5. The minimum Gasteiger partial charge on any atom is -0.394 e. The average Bonchev–Trinajstić information content (AvgIpc) is 2.88. The van der Waals surface area contributed by atoms with Crippen LogP contribution < -0.4 is 0 Å². The number of hydrogen-bond donors (Lipinski definition) is 1. The molecular formula is C14H21F2N3O3. The summed E-state index contributed by atoms with van der Waals surface area (Å²) >= 11 is 0. The van der Waals surface area contributed by atoms with E-state index in [-0.39, 0.29) is 37.9 Å². The molecule has 0 aliphatic carbocycles. The van der Waals surface area contributed by atoms with Gasteiger partial charge in [-0.05, 0) is 26.3 Å². The van der Waals surface area contributed by atoms with Crippen LogP contribution in [-0.2, 0) is 11.3 Å². The van der Waals surface area contributed by atoms with E-state index < -0.39 is 24.5 Å². The number of rotatable bonds is 5. The van der Waals surface area contributed by atoms with Crippen molar-refractivity contribution in [1.29, 1.82) is 0 Å². The first-order valence-electron chi connectivity index (χ1n) is 7.30. The Kier molecular flexibility index (Phi) is 5.12. The molecule has 1 aromatic rings. The maximum atomic E-state index is 14.1. The van der Waals surface area contributed by atoms with Crippen LogP contribution >= 0.6 is 0 Å². The molecule has 6 nitrogen and oxygen atoms in total. The Morgan fingerprint density at radius 1 is 1.59 bits per heavy atom. The Labute approximate surface area is 127 Å². The van der Waals surface area contributed by atoms with E-state index >= 15 is 0 Å². The van der Waals surface area contributed by atoms with Gasteiger partial charge in [0.25, 0.3) is 11.8 Å². The van der Waals surface area contributed by atoms with Crippen molar-refractivity contribution in [2.24, 2.45) is 0 Å². The van der Waals surface area contributed by atoms with Gasteiger partial charge >= 0.3 is 0 Å². The van der Waals surface area contributed by atoms with Crippen LogP contribution in [-0.4, -0.2) is 63.5 Å². The second kappa shape index (κ2) is 6.70. The van der Waals surface area contributed by atoms with Crippen LogP contribution in [0.5, 0.6) is 0 Å². The fourth-order valence-electron chi connectivity index (χ4n) is 2.54. The highest BCUT2D eigenvalue weighted by molar-refractivity contribution is 5.92. The van der Waals surface area contributed by atoms with Crippen LogP contribution in [0.3, 0.4) is 0 Å². The van der Waals surface area contributed by atoms with Gasteiger partial charge in [0.2, 0.25) is 0 Å². The van der Waals surface area contributed by atoms with Gasteiger partial charge in [0, 0.05) is 12.7 Å². The number of aromatic nitrogens is 2. The van der Waals surface area contributed by atoms with Gasteiger partial charge in [0.05, 0.1) is 25.8 Å². The molecule has 1 N–H and O–H groups in total. The van der Waals surface area contributed by atoms with Gasteiger partial charge in [-0.25, -0.2) is 8.78 Å². The van der Waals surface area contributed by atoms with E-state index in [4.69, 9.17) is 9.84 Å². The first-order chi connectivity index (χ1) is 10.3. The number of hydrogen-bond acceptors (Lipinski definition) is 4. The number of aliphatic hydroxyl groups is 1. The Morgan fingerprint density at radius 2 is 2.32 bits per heavy atom. The highest BCUT2D eigenvalue weighted by Gasteiger charge is 2.47. The monoisotopic (exact) mass is 317 g/mol. The topological polar surface area (TPSA) is 67.6 Å². The Hall–Kier alpha value is -1.54. The van der Waals surface area contributed by atoms with E-state index in [0.717, 1.165) is 4.90 Å². The molecule has 2 rings (SSSR count). The summed E-state index contributed by atoms with van der Waals surface area (Å²) in [6.45, 7) is 2.92. The summed E-state index contributed by atoms with van der Waals surface area (Å²) in [5, 5.41) is 12.8. The number of amides is 1. The summed E-state index contributed by atoms with van der Waals surface area (Å²) in [5.74, 6) is -3.59. The van der Waals surface area contributed by atoms with E-state index in [1.54, 1.807) is 13.8 Å². The van der Waals surface area contributed by atoms with Crippen LogP contribution in [0.4, 0.5) is 8.78 Å². The van der Waals surface area contributed by atoms with E-state index in [2.05, 4.69) is 5.10 Å². The number of carbonyl (C=O) groups is 1. The normalized spacial score (nSPS) is 21.4. The maximum Gasteiger partial charge on any atom is 0.290 e. The standard InChI is InChI=1S/C14H21F2N3O3/c1-10(2)22-12-4-6-18(9-14(12,15)16)13(21)11-3-5-17-19(11)7-8-20/h3,5,10,12,20H,4,6-9H2,1-2H3/t12-/m0/s1. The third kappa shape index (κ3) is 3.61. The molecule has 0 unspecified atom stereocenters. The molecule has 1 fully saturated rings. The molecule has 1 aliphatic rings. The third-order valence-corrected chi connectivity index (χ3v) is 3.51. The van der Waals surface area contributed by atoms with Crippen LogP contribution in [0.25, 0.3) is 0 Å². The van der Waals surface area contributed by atoms with Crippen molar-refractivity contribution in [3.05, 3.63) is 18.0 Å². The highest BCUT2D eigenvalue weighted by atomic mass is 19.3. The number of aliphatic hydroxyl groups excluding tert-OH is 1. The first-order valence-corrected chi connectivity index (χ1v) is 7.30. The van der Waals surface area contributed by atoms with Crippen LogP contribution in [0, 0.1) is 0 Å². The van der Waals surface area contributed by atoms with Crippen molar-refractivity contribution in [2.75, 3.05) is 19.7 Å². The van der Waals surface area contributed by atoms with Crippen molar-refractivity contribution in [2.45, 2.75) is 44.9 Å². The van der Waals surface area contributed by atoms with Crippen molar-refractivity contribution in [3.8, 4) is 0 Å². The van der Waals surface area contributed by atoms with Gasteiger partial charge in [0.1, 0.15) is 11.8 Å². The predicted molar refractivity (Wildman–Crippen MR) is 74.8 cm³/mol. The molecular weight excluding hydrogens is 296 g/mol. The lowest BCUT2D eigenvalue weighted by Gasteiger charge is -2.38. The van der Waals surface area contributed by atoms with Crippen LogP contribution in [0.2, 0.25) is 0 Å². The number of alkyl halides is 2. The Balaban J connectivity index is 2.08. The largest absolute Gasteiger partial charge is 0.394 e. The minimum absolute atomic E-state index is 0.0884. The van der Waals surface area contributed by atoms with E-state index in [0.29, 0.717) is 0 Å². The van der Waals surface area contributed by atoms with Gasteiger partial charge in [0.15, 0.2) is 0 Å². The zero-order valence-electron chi connectivity index (χ0n) is 12.7. The molecule has 22 heavy (non-hydrogen) atoms. The molecule has 0 saturated carbocycles. The third-order valence-electron chi connectivity index (χ3n) is 3.51. The number of carbonyl (C=O) groups excluding carboxylic acids is 1. The van der Waals surface area contributed by atoms with Crippen molar-refractivity contribution >= 4 is 5.91 Å². The maximum absolute atomic E-state index is 14.1. The Morgan fingerprint density at radius 3 is 2.91 bits per heavy atom. The molecule has 1 aromatic heterocycles. The first kappa shape index (κ1) is 16.8. The lowest BCUT2D eigenvalue weighted by molar-refractivity contribution is -0.179. The summed E-state index contributed by atoms with van der Waals surface area (Å²) < 4.78 is 34.9. The van der Waals surface area contributed by atoms with E-state index in [1.165, 1.54) is 16.9 Å². The lowest BCUT2D eigenvalue weighted by atomic mass is 10.0. The quantitative estimate of drug-likeness (QED) is 0.885. The molecule has 1 amide bonds. The number of piperidine rings is 1. The van der Waals surface area contributed by atoms with Gasteiger partial charge in [-0.3, -0.25) is 9.48 Å². The number of likely N-dealkylation sites (tertiary alicyclic amines) is 1. The SMILES string of the molecule is CC(C)O[C@H]1CCN(C(=O)c2ccnn2CCO)CC1(F)F. The van der Waals surface area contributed by atoms with Gasteiger partial charge in [-0.1, -0.05) is 0 Å². The molecule has 0 radical (unpaired) electrons. The Bertz CT molecular complexity index is 519. The van der Waals surface area contributed by atoms with Gasteiger partial charge in [-0.2, -0.15) is 5.10 Å². The molecule has 1 atom stereocenters. The summed E-state index contributed by atoms with van der Waals surface area (Å²) in [6, 6.07) is 1.47. The van der Waals surface area contributed by atoms with E-state index in [9.17, 15) is 13.6 Å².